The smallest absolute Gasteiger partial charge is 0.293 e. The van der Waals surface area contributed by atoms with Crippen molar-refractivity contribution in [2.75, 3.05) is 36.4 Å². The molecule has 0 radical (unpaired) electrons. The lowest BCUT2D eigenvalue weighted by molar-refractivity contribution is -0.384. The van der Waals surface area contributed by atoms with Crippen molar-refractivity contribution in [2.24, 2.45) is 0 Å². The maximum Gasteiger partial charge on any atom is 0.293 e. The molecule has 0 saturated carbocycles. The molecule has 0 spiro atoms. The van der Waals surface area contributed by atoms with E-state index in [9.17, 15) is 19.7 Å². The van der Waals surface area contributed by atoms with E-state index < -0.39 is 10.8 Å². The van der Waals surface area contributed by atoms with E-state index in [2.05, 4.69) is 15.5 Å². The second-order valence-corrected chi connectivity index (χ2v) is 9.02. The van der Waals surface area contributed by atoms with Gasteiger partial charge in [-0.3, -0.25) is 19.7 Å². The molecule has 2 heterocycles. The molecule has 0 bridgehead atoms. The summed E-state index contributed by atoms with van der Waals surface area (Å²) in [5.74, 6) is 0.399. The quantitative estimate of drug-likeness (QED) is 0.403. The number of nitro groups is 1. The number of amides is 2. The van der Waals surface area contributed by atoms with Crippen LogP contribution in [-0.4, -0.2) is 58.0 Å². The molecule has 1 aliphatic heterocycles. The highest BCUT2D eigenvalue weighted by molar-refractivity contribution is 6.07. The topological polar surface area (TPSA) is 135 Å². The summed E-state index contributed by atoms with van der Waals surface area (Å²) in [7, 11) is 0. The van der Waals surface area contributed by atoms with Gasteiger partial charge in [-0.05, 0) is 30.7 Å². The molecule has 11 heteroatoms. The molecule has 4 rings (SSSR count). The van der Waals surface area contributed by atoms with E-state index in [1.807, 2.05) is 37.8 Å². The number of nitrogens with one attached hydrogen (secondary N) is 1. The van der Waals surface area contributed by atoms with Gasteiger partial charge in [-0.25, -0.2) is 0 Å². The second-order valence-electron chi connectivity index (χ2n) is 9.02. The van der Waals surface area contributed by atoms with Crippen LogP contribution in [0.3, 0.4) is 0 Å². The van der Waals surface area contributed by atoms with Gasteiger partial charge >= 0.3 is 0 Å². The first-order valence-electron chi connectivity index (χ1n) is 11.7. The Bertz CT molecular complexity index is 1310. The minimum Gasteiger partial charge on any atom is -0.362 e. The second kappa shape index (κ2) is 10.1. The van der Waals surface area contributed by atoms with Gasteiger partial charge in [0.1, 0.15) is 5.69 Å². The molecule has 2 aromatic carbocycles. The van der Waals surface area contributed by atoms with Crippen LogP contribution in [0.15, 0.2) is 40.9 Å². The molecule has 1 aromatic heterocycles. The van der Waals surface area contributed by atoms with Crippen LogP contribution < -0.4 is 10.2 Å². The van der Waals surface area contributed by atoms with Crippen LogP contribution in [0.2, 0.25) is 0 Å². The SMILES string of the molecule is CC(=O)N1CCN(c2ccc(C(=O)Nc3c(C)cccc3-c3nc(C(C)C)no3)cc2[N+](=O)[O-])CC1. The zero-order valence-electron chi connectivity index (χ0n) is 20.6. The van der Waals surface area contributed by atoms with E-state index in [1.54, 1.807) is 23.1 Å². The molecule has 0 aliphatic carbocycles. The average molecular weight is 493 g/mol. The fourth-order valence-corrected chi connectivity index (χ4v) is 4.12. The molecule has 36 heavy (non-hydrogen) atoms. The average Bonchev–Trinajstić information content (AvgIpc) is 3.35. The number of rotatable bonds is 6. The lowest BCUT2D eigenvalue weighted by Gasteiger charge is -2.35. The van der Waals surface area contributed by atoms with E-state index in [0.29, 0.717) is 48.9 Å². The number of aromatic nitrogens is 2. The summed E-state index contributed by atoms with van der Waals surface area (Å²) >= 11 is 0. The Labute approximate surface area is 208 Å². The number of nitrogens with zero attached hydrogens (tertiary/aromatic N) is 5. The number of benzene rings is 2. The van der Waals surface area contributed by atoms with Gasteiger partial charge in [0.25, 0.3) is 17.5 Å². The van der Waals surface area contributed by atoms with Crippen LogP contribution in [0.25, 0.3) is 11.5 Å². The van der Waals surface area contributed by atoms with Gasteiger partial charge in [-0.2, -0.15) is 4.98 Å². The van der Waals surface area contributed by atoms with Gasteiger partial charge in [0, 0.05) is 50.7 Å². The number of para-hydroxylation sites is 1. The Morgan fingerprint density at radius 1 is 1.14 bits per heavy atom. The van der Waals surface area contributed by atoms with Gasteiger partial charge in [0.05, 0.1) is 16.2 Å². The predicted molar refractivity (Wildman–Crippen MR) is 134 cm³/mol. The van der Waals surface area contributed by atoms with Crippen molar-refractivity contribution in [3.8, 4) is 11.5 Å². The number of carbonyl (C=O) groups excluding carboxylic acids is 2. The molecule has 1 saturated heterocycles. The van der Waals surface area contributed by atoms with Gasteiger partial charge < -0.3 is 19.6 Å². The van der Waals surface area contributed by atoms with Crippen molar-refractivity contribution in [2.45, 2.75) is 33.6 Å². The molecule has 1 N–H and O–H groups in total. The zero-order chi connectivity index (χ0) is 26.0. The van der Waals surface area contributed by atoms with Crippen LogP contribution in [0, 0.1) is 17.0 Å². The molecule has 3 aromatic rings. The molecule has 0 atom stereocenters. The Hall–Kier alpha value is -4.28. The number of hydrogen-bond donors (Lipinski definition) is 1. The van der Waals surface area contributed by atoms with Gasteiger partial charge in [0.15, 0.2) is 5.82 Å². The van der Waals surface area contributed by atoms with Crippen molar-refractivity contribution in [3.63, 3.8) is 0 Å². The maximum atomic E-state index is 13.2. The van der Waals surface area contributed by atoms with Gasteiger partial charge in [0.2, 0.25) is 5.91 Å². The van der Waals surface area contributed by atoms with Crippen LogP contribution in [0.5, 0.6) is 0 Å². The van der Waals surface area contributed by atoms with E-state index in [0.717, 1.165) is 5.56 Å². The summed E-state index contributed by atoms with van der Waals surface area (Å²) in [5.41, 5.74) is 2.24. The highest BCUT2D eigenvalue weighted by atomic mass is 16.6. The highest BCUT2D eigenvalue weighted by Crippen LogP contribution is 2.33. The van der Waals surface area contributed by atoms with Gasteiger partial charge in [-0.15, -0.1) is 0 Å². The minimum absolute atomic E-state index is 0.0206. The first-order valence-corrected chi connectivity index (χ1v) is 11.7. The number of carbonyl (C=O) groups is 2. The summed E-state index contributed by atoms with van der Waals surface area (Å²) < 4.78 is 5.42. The summed E-state index contributed by atoms with van der Waals surface area (Å²) in [5, 5.41) is 18.7. The number of hydrogen-bond acceptors (Lipinski definition) is 8. The van der Waals surface area contributed by atoms with E-state index in [1.165, 1.54) is 13.0 Å². The van der Waals surface area contributed by atoms with E-state index >= 15 is 0 Å². The summed E-state index contributed by atoms with van der Waals surface area (Å²) in [6, 6.07) is 9.87. The standard InChI is InChI=1S/C25H28N6O5/c1-15(2)23-27-25(36-28-23)19-7-5-6-16(3)22(19)26-24(33)18-8-9-20(21(14-18)31(34)35)30-12-10-29(11-13-30)17(4)32/h5-9,14-15H,10-13H2,1-4H3,(H,26,33). The summed E-state index contributed by atoms with van der Waals surface area (Å²) in [6.45, 7) is 9.17. The molecule has 2 amide bonds. The Balaban J connectivity index is 1.60. The van der Waals surface area contributed by atoms with Crippen molar-refractivity contribution in [3.05, 3.63) is 63.5 Å². The molecular formula is C25H28N6O5. The van der Waals surface area contributed by atoms with Gasteiger partial charge in [-0.1, -0.05) is 31.1 Å². The first-order chi connectivity index (χ1) is 17.2. The summed E-state index contributed by atoms with van der Waals surface area (Å²) in [4.78, 5) is 44.2. The van der Waals surface area contributed by atoms with Crippen LogP contribution in [0.4, 0.5) is 17.1 Å². The predicted octanol–water partition coefficient (Wildman–Crippen LogP) is 4.00. The van der Waals surface area contributed by atoms with Crippen molar-refractivity contribution in [1.29, 1.82) is 0 Å². The van der Waals surface area contributed by atoms with Crippen molar-refractivity contribution < 1.29 is 19.0 Å². The fourth-order valence-electron chi connectivity index (χ4n) is 4.12. The Morgan fingerprint density at radius 2 is 1.86 bits per heavy atom. The Morgan fingerprint density at radius 3 is 2.47 bits per heavy atom. The maximum absolute atomic E-state index is 13.2. The minimum atomic E-state index is -0.495. The van der Waals surface area contributed by atoms with E-state index in [-0.39, 0.29) is 29.0 Å². The largest absolute Gasteiger partial charge is 0.362 e. The first kappa shape index (κ1) is 24.8. The van der Waals surface area contributed by atoms with Crippen LogP contribution in [0.1, 0.15) is 48.4 Å². The number of anilines is 2. The Kier molecular flexibility index (Phi) is 7.00. The lowest BCUT2D eigenvalue weighted by Crippen LogP contribution is -2.48. The molecule has 1 fully saturated rings. The highest BCUT2D eigenvalue weighted by Gasteiger charge is 2.26. The normalized spacial score (nSPS) is 13.7. The molecule has 0 unspecified atom stereocenters. The molecule has 1 aliphatic rings. The zero-order valence-corrected chi connectivity index (χ0v) is 20.6. The lowest BCUT2D eigenvalue weighted by atomic mass is 10.1. The third kappa shape index (κ3) is 5.04. The van der Waals surface area contributed by atoms with E-state index in [4.69, 9.17) is 4.52 Å². The fraction of sp³-hybridized carbons (Fsp3) is 0.360. The van der Waals surface area contributed by atoms with Crippen LogP contribution in [-0.2, 0) is 4.79 Å². The molecule has 188 valence electrons. The van der Waals surface area contributed by atoms with Crippen molar-refractivity contribution >= 4 is 28.9 Å². The third-order valence-corrected chi connectivity index (χ3v) is 6.20. The van der Waals surface area contributed by atoms with Crippen molar-refractivity contribution in [1.82, 2.24) is 15.0 Å². The number of aryl methyl sites for hydroxylation is 1. The number of nitro benzene ring substituents is 1. The molecular weight excluding hydrogens is 464 g/mol. The monoisotopic (exact) mass is 492 g/mol. The third-order valence-electron chi connectivity index (χ3n) is 6.20. The molecule has 11 nitrogen and oxygen atoms in total. The number of piperazine rings is 1. The summed E-state index contributed by atoms with van der Waals surface area (Å²) in [6.07, 6.45) is 0. The van der Waals surface area contributed by atoms with Crippen LogP contribution >= 0.6 is 0 Å².